The molecule has 2 aromatic rings. The second kappa shape index (κ2) is 13.3. The van der Waals surface area contributed by atoms with Crippen LogP contribution >= 0.6 is 0 Å². The molecule has 0 heterocycles. The molecular weight excluding hydrogens is 512 g/mol. The van der Waals surface area contributed by atoms with E-state index in [0.717, 1.165) is 24.8 Å². The van der Waals surface area contributed by atoms with Crippen molar-refractivity contribution in [3.8, 4) is 0 Å². The number of ketones is 1. The molecule has 4 nitrogen and oxygen atoms in total. The molecule has 0 saturated heterocycles. The molecule has 1 saturated carbocycles. The van der Waals surface area contributed by atoms with Gasteiger partial charge in [0.05, 0.1) is 7.11 Å². The first-order chi connectivity index (χ1) is 18.9. The van der Waals surface area contributed by atoms with Crippen molar-refractivity contribution in [2.75, 3.05) is 13.7 Å². The van der Waals surface area contributed by atoms with Crippen molar-refractivity contribution in [1.29, 1.82) is 0 Å². The Hall–Kier alpha value is -2.76. The van der Waals surface area contributed by atoms with Gasteiger partial charge in [-0.05, 0) is 52.9 Å². The number of methoxy groups -OCH3 is 1. The van der Waals surface area contributed by atoms with Crippen LogP contribution in [-0.4, -0.2) is 33.8 Å². The third kappa shape index (κ3) is 6.75. The highest BCUT2D eigenvalue weighted by Gasteiger charge is 2.56. The summed E-state index contributed by atoms with van der Waals surface area (Å²) in [7, 11) is -1.43. The predicted octanol–water partition coefficient (Wildman–Crippen LogP) is 6.89. The molecule has 2 aromatic carbocycles. The number of carbonyl (C=O) groups excluding carboxylic acids is 2. The van der Waals surface area contributed by atoms with E-state index in [1.807, 2.05) is 18.2 Å². The molecule has 0 N–H and O–H groups in total. The molecule has 1 aliphatic carbocycles. The Morgan fingerprint density at radius 1 is 1.10 bits per heavy atom. The average Bonchev–Trinajstić information content (AvgIpc) is 3.17. The van der Waals surface area contributed by atoms with E-state index in [1.165, 1.54) is 17.5 Å². The molecule has 0 amide bonds. The van der Waals surface area contributed by atoms with E-state index < -0.39 is 25.6 Å². The van der Waals surface area contributed by atoms with Gasteiger partial charge in [0, 0.05) is 18.4 Å². The SMILES string of the molecule is C=CC[C@@H](C)CC(=C)CC[C@H]1[C@H](C(=O)OC)C(=O)C[C@]1(C)CO[Si](c1ccccc1)(c1ccccc1)C(C)(C)C. The summed E-state index contributed by atoms with van der Waals surface area (Å²) in [5.74, 6) is -0.962. The fraction of sp³-hybridized carbons (Fsp3) is 0.486. The van der Waals surface area contributed by atoms with Gasteiger partial charge in [0.25, 0.3) is 8.32 Å². The fourth-order valence-electron chi connectivity index (χ4n) is 6.72. The van der Waals surface area contributed by atoms with Gasteiger partial charge in [-0.15, -0.1) is 6.58 Å². The van der Waals surface area contributed by atoms with E-state index in [9.17, 15) is 9.59 Å². The van der Waals surface area contributed by atoms with Crippen molar-refractivity contribution in [3.05, 3.63) is 85.5 Å². The molecule has 4 atom stereocenters. The zero-order valence-corrected chi connectivity index (χ0v) is 26.4. The van der Waals surface area contributed by atoms with Gasteiger partial charge >= 0.3 is 5.97 Å². The van der Waals surface area contributed by atoms with Gasteiger partial charge in [0.15, 0.2) is 0 Å². The zero-order valence-electron chi connectivity index (χ0n) is 25.4. The Morgan fingerprint density at radius 2 is 1.65 bits per heavy atom. The van der Waals surface area contributed by atoms with Crippen LogP contribution in [-0.2, 0) is 18.8 Å². The van der Waals surface area contributed by atoms with E-state index >= 15 is 0 Å². The topological polar surface area (TPSA) is 52.6 Å². The van der Waals surface area contributed by atoms with Crippen molar-refractivity contribution < 1.29 is 18.8 Å². The van der Waals surface area contributed by atoms with Crippen LogP contribution in [0.25, 0.3) is 0 Å². The van der Waals surface area contributed by atoms with Crippen molar-refractivity contribution in [2.24, 2.45) is 23.2 Å². The van der Waals surface area contributed by atoms with E-state index in [0.29, 0.717) is 25.4 Å². The first-order valence-corrected chi connectivity index (χ1v) is 16.4. The van der Waals surface area contributed by atoms with Crippen LogP contribution in [0.2, 0.25) is 5.04 Å². The van der Waals surface area contributed by atoms with Gasteiger partial charge in [-0.25, -0.2) is 0 Å². The van der Waals surface area contributed by atoms with Crippen molar-refractivity contribution >= 4 is 30.4 Å². The first-order valence-electron chi connectivity index (χ1n) is 14.5. The van der Waals surface area contributed by atoms with Crippen LogP contribution in [0.4, 0.5) is 0 Å². The molecule has 5 heteroatoms. The molecule has 0 radical (unpaired) electrons. The lowest BCUT2D eigenvalue weighted by Crippen LogP contribution is -2.67. The summed E-state index contributed by atoms with van der Waals surface area (Å²) < 4.78 is 12.4. The number of ether oxygens (including phenoxy) is 1. The van der Waals surface area contributed by atoms with Crippen molar-refractivity contribution in [2.45, 2.75) is 71.8 Å². The highest BCUT2D eigenvalue weighted by molar-refractivity contribution is 6.99. The summed E-state index contributed by atoms with van der Waals surface area (Å²) in [5, 5.41) is 2.22. The Morgan fingerprint density at radius 3 is 2.12 bits per heavy atom. The number of Topliss-reactive ketones (excluding diaryl/α,β-unsaturated/α-hetero) is 1. The van der Waals surface area contributed by atoms with Gasteiger partial charge in [0.2, 0.25) is 0 Å². The number of carbonyl (C=O) groups is 2. The molecule has 216 valence electrons. The normalized spacial score (nSPS) is 22.1. The number of esters is 1. The zero-order chi connectivity index (χ0) is 29.6. The van der Waals surface area contributed by atoms with E-state index in [-0.39, 0.29) is 16.7 Å². The molecule has 0 spiro atoms. The number of allylic oxidation sites excluding steroid dienone is 2. The quantitative estimate of drug-likeness (QED) is 0.116. The minimum Gasteiger partial charge on any atom is -0.468 e. The maximum Gasteiger partial charge on any atom is 0.316 e. The predicted molar refractivity (Wildman–Crippen MR) is 167 cm³/mol. The van der Waals surface area contributed by atoms with Crippen LogP contribution in [0.1, 0.15) is 66.7 Å². The summed E-state index contributed by atoms with van der Waals surface area (Å²) in [6.07, 6.45) is 5.56. The number of hydrogen-bond acceptors (Lipinski definition) is 4. The second-order valence-electron chi connectivity index (χ2n) is 13.0. The summed E-state index contributed by atoms with van der Waals surface area (Å²) >= 11 is 0. The Bertz CT molecular complexity index is 1130. The molecule has 40 heavy (non-hydrogen) atoms. The molecule has 3 rings (SSSR count). The molecule has 0 unspecified atom stereocenters. The Kier molecular flexibility index (Phi) is 10.5. The highest BCUT2D eigenvalue weighted by atomic mass is 28.4. The van der Waals surface area contributed by atoms with Crippen molar-refractivity contribution in [1.82, 2.24) is 0 Å². The largest absolute Gasteiger partial charge is 0.468 e. The summed E-state index contributed by atoms with van der Waals surface area (Å²) in [5.41, 5.74) is 0.642. The summed E-state index contributed by atoms with van der Waals surface area (Å²) in [6, 6.07) is 21.1. The van der Waals surface area contributed by atoms with Crippen LogP contribution in [0.5, 0.6) is 0 Å². The van der Waals surface area contributed by atoms with Crippen LogP contribution < -0.4 is 10.4 Å². The lowest BCUT2D eigenvalue weighted by Gasteiger charge is -2.45. The van der Waals surface area contributed by atoms with Crippen LogP contribution in [0.3, 0.4) is 0 Å². The lowest BCUT2D eigenvalue weighted by molar-refractivity contribution is -0.150. The third-order valence-corrected chi connectivity index (χ3v) is 13.7. The minimum atomic E-state index is -2.80. The van der Waals surface area contributed by atoms with Crippen molar-refractivity contribution in [3.63, 3.8) is 0 Å². The molecule has 1 fully saturated rings. The maximum absolute atomic E-state index is 13.4. The van der Waals surface area contributed by atoms with E-state index in [4.69, 9.17) is 9.16 Å². The number of hydrogen-bond donors (Lipinski definition) is 0. The molecule has 0 aliphatic heterocycles. The molecular formula is C35H48O4Si. The second-order valence-corrected chi connectivity index (χ2v) is 17.3. The van der Waals surface area contributed by atoms with Crippen LogP contribution in [0, 0.1) is 23.2 Å². The monoisotopic (exact) mass is 560 g/mol. The third-order valence-electron chi connectivity index (χ3n) is 8.73. The smallest absolute Gasteiger partial charge is 0.316 e. The summed E-state index contributed by atoms with van der Waals surface area (Å²) in [4.78, 5) is 26.3. The van der Waals surface area contributed by atoms with Gasteiger partial charge in [0.1, 0.15) is 11.7 Å². The first kappa shape index (κ1) is 31.8. The van der Waals surface area contributed by atoms with Gasteiger partial charge in [-0.2, -0.15) is 0 Å². The Labute approximate surface area is 243 Å². The highest BCUT2D eigenvalue weighted by Crippen LogP contribution is 2.49. The molecule has 0 bridgehead atoms. The van der Waals surface area contributed by atoms with E-state index in [2.05, 4.69) is 96.3 Å². The Balaban J connectivity index is 1.99. The minimum absolute atomic E-state index is 0.0453. The average molecular weight is 561 g/mol. The number of rotatable bonds is 13. The lowest BCUT2D eigenvalue weighted by atomic mass is 9.74. The maximum atomic E-state index is 13.4. The van der Waals surface area contributed by atoms with Gasteiger partial charge in [-0.1, -0.05) is 114 Å². The van der Waals surface area contributed by atoms with Crippen LogP contribution in [0.15, 0.2) is 85.5 Å². The van der Waals surface area contributed by atoms with Gasteiger partial charge < -0.3 is 9.16 Å². The molecule has 1 aliphatic rings. The number of benzene rings is 2. The van der Waals surface area contributed by atoms with Gasteiger partial charge in [-0.3, -0.25) is 9.59 Å². The molecule has 0 aromatic heterocycles. The summed E-state index contributed by atoms with van der Waals surface area (Å²) in [6.45, 7) is 19.7. The van der Waals surface area contributed by atoms with E-state index in [1.54, 1.807) is 0 Å². The standard InChI is InChI=1S/C35H48O4Si/c1-9-16-26(2)23-27(3)21-22-30-32(33(37)38-8)31(36)24-35(30,7)25-39-40(34(4,5)6,28-17-12-10-13-18-28)29-19-14-11-15-20-29/h9-15,17-20,26,30,32H,1,3,16,21-25H2,2,4-8H3/t26-,30+,32+,35-/m1/s1. The fourth-order valence-corrected chi connectivity index (χ4v) is 11.4.